The third kappa shape index (κ3) is 7.71. The number of amides is 1. The number of hydrogen-bond acceptors (Lipinski definition) is 7. The maximum absolute atomic E-state index is 11.6. The molecule has 0 spiro atoms. The van der Waals surface area contributed by atoms with Crippen LogP contribution in [0.25, 0.3) is 0 Å². The molecule has 2 atom stereocenters. The van der Waals surface area contributed by atoms with E-state index in [9.17, 15) is 14.7 Å². The molecule has 0 saturated carbocycles. The Balaban J connectivity index is 2.57. The minimum atomic E-state index is -1.17. The van der Waals surface area contributed by atoms with Crippen molar-refractivity contribution in [1.82, 2.24) is 5.32 Å². The van der Waals surface area contributed by atoms with E-state index in [1.165, 1.54) is 7.11 Å². The van der Waals surface area contributed by atoms with Crippen molar-refractivity contribution >= 4 is 12.1 Å². The van der Waals surface area contributed by atoms with Crippen LogP contribution in [0, 0.1) is 0 Å². The molecule has 2 N–H and O–H groups in total. The smallest absolute Gasteiger partial charge is 0.407 e. The summed E-state index contributed by atoms with van der Waals surface area (Å²) in [7, 11) is 1.34. The highest BCUT2D eigenvalue weighted by atomic mass is 16.7. The number of alkyl carbamates (subject to hydrolysis) is 1. The summed E-state index contributed by atoms with van der Waals surface area (Å²) in [5.74, 6) is -0.248. The molecule has 0 radical (unpaired) electrons. The van der Waals surface area contributed by atoms with Crippen molar-refractivity contribution in [2.45, 2.75) is 45.7 Å². The van der Waals surface area contributed by atoms with Crippen molar-refractivity contribution in [3.05, 3.63) is 29.8 Å². The van der Waals surface area contributed by atoms with Crippen LogP contribution in [0.2, 0.25) is 0 Å². The van der Waals surface area contributed by atoms with Crippen LogP contribution in [0.5, 0.6) is 5.75 Å². The van der Waals surface area contributed by atoms with Crippen molar-refractivity contribution < 1.29 is 33.6 Å². The van der Waals surface area contributed by atoms with E-state index in [1.807, 2.05) is 0 Å². The fourth-order valence-corrected chi connectivity index (χ4v) is 1.91. The number of nitrogens with one attached hydrogen (secondary N) is 1. The van der Waals surface area contributed by atoms with Crippen LogP contribution in [0.1, 0.15) is 39.4 Å². The van der Waals surface area contributed by atoms with Crippen LogP contribution in [0.15, 0.2) is 24.3 Å². The van der Waals surface area contributed by atoms with E-state index in [-0.39, 0.29) is 13.2 Å². The molecule has 146 valence electrons. The van der Waals surface area contributed by atoms with Gasteiger partial charge in [0.1, 0.15) is 11.4 Å². The summed E-state index contributed by atoms with van der Waals surface area (Å²) < 4.78 is 20.3. The molecule has 0 aromatic heterocycles. The molecular formula is C18H27NO7. The van der Waals surface area contributed by atoms with Gasteiger partial charge in [-0.05, 0) is 45.4 Å². The Labute approximate surface area is 153 Å². The molecule has 1 aromatic rings. The third-order valence-corrected chi connectivity index (χ3v) is 3.04. The van der Waals surface area contributed by atoms with Crippen molar-refractivity contribution in [2.24, 2.45) is 0 Å². The fourth-order valence-electron chi connectivity index (χ4n) is 1.91. The van der Waals surface area contributed by atoms with Gasteiger partial charge in [0.15, 0.2) is 0 Å². The summed E-state index contributed by atoms with van der Waals surface area (Å²) in [5, 5.41) is 12.6. The molecule has 0 heterocycles. The molecule has 0 saturated heterocycles. The SMILES string of the molecule is CCOC(=O)C(OC)Oc1ccc(C(O)CNC(=O)OC(C)(C)C)cc1. The van der Waals surface area contributed by atoms with E-state index < -0.39 is 30.1 Å². The number of carbonyl (C=O) groups excluding carboxylic acids is 2. The molecule has 1 rings (SSSR count). The highest BCUT2D eigenvalue weighted by Crippen LogP contribution is 2.19. The highest BCUT2D eigenvalue weighted by molar-refractivity contribution is 5.73. The highest BCUT2D eigenvalue weighted by Gasteiger charge is 2.21. The second kappa shape index (κ2) is 9.98. The summed E-state index contributed by atoms with van der Waals surface area (Å²) in [6.45, 7) is 7.17. The zero-order valence-corrected chi connectivity index (χ0v) is 15.8. The van der Waals surface area contributed by atoms with Gasteiger partial charge in [0.05, 0.1) is 19.3 Å². The summed E-state index contributed by atoms with van der Waals surface area (Å²) in [4.78, 5) is 23.2. The van der Waals surface area contributed by atoms with Gasteiger partial charge in [-0.1, -0.05) is 12.1 Å². The second-order valence-electron chi connectivity index (χ2n) is 6.41. The number of benzene rings is 1. The Morgan fingerprint density at radius 1 is 1.19 bits per heavy atom. The summed E-state index contributed by atoms with van der Waals surface area (Å²) >= 11 is 0. The van der Waals surface area contributed by atoms with Gasteiger partial charge in [-0.25, -0.2) is 9.59 Å². The predicted octanol–water partition coefficient (Wildman–Crippen LogP) is 2.16. The van der Waals surface area contributed by atoms with Gasteiger partial charge >= 0.3 is 12.1 Å². The van der Waals surface area contributed by atoms with Crippen molar-refractivity contribution in [2.75, 3.05) is 20.3 Å². The second-order valence-corrected chi connectivity index (χ2v) is 6.41. The number of rotatable bonds is 8. The van der Waals surface area contributed by atoms with Crippen LogP contribution in [-0.4, -0.2) is 49.3 Å². The van der Waals surface area contributed by atoms with Crippen molar-refractivity contribution in [3.8, 4) is 5.75 Å². The number of esters is 1. The Morgan fingerprint density at radius 2 is 1.81 bits per heavy atom. The Morgan fingerprint density at radius 3 is 2.31 bits per heavy atom. The zero-order valence-electron chi connectivity index (χ0n) is 15.8. The fraction of sp³-hybridized carbons (Fsp3) is 0.556. The Bertz CT molecular complexity index is 580. The average Bonchev–Trinajstić information content (AvgIpc) is 2.56. The molecule has 8 heteroatoms. The molecule has 0 fully saturated rings. The first-order valence-electron chi connectivity index (χ1n) is 8.27. The van der Waals surface area contributed by atoms with Crippen LogP contribution in [0.3, 0.4) is 0 Å². The molecule has 0 bridgehead atoms. The van der Waals surface area contributed by atoms with E-state index in [0.29, 0.717) is 11.3 Å². The Kier molecular flexibility index (Phi) is 8.34. The van der Waals surface area contributed by atoms with Crippen molar-refractivity contribution in [1.29, 1.82) is 0 Å². The Hall–Kier alpha value is -2.32. The summed E-state index contributed by atoms with van der Waals surface area (Å²) in [6, 6.07) is 6.40. The molecule has 0 aliphatic heterocycles. The van der Waals surface area contributed by atoms with Crippen LogP contribution in [0.4, 0.5) is 4.79 Å². The molecule has 0 aliphatic rings. The summed E-state index contributed by atoms with van der Waals surface area (Å²) in [5.41, 5.74) is -0.0382. The van der Waals surface area contributed by atoms with Gasteiger partial charge in [-0.2, -0.15) is 0 Å². The van der Waals surface area contributed by atoms with Gasteiger partial charge in [0.2, 0.25) is 0 Å². The number of carbonyl (C=O) groups is 2. The quantitative estimate of drug-likeness (QED) is 0.534. The van der Waals surface area contributed by atoms with Crippen LogP contribution >= 0.6 is 0 Å². The molecule has 26 heavy (non-hydrogen) atoms. The number of aliphatic hydroxyl groups excluding tert-OH is 1. The lowest BCUT2D eigenvalue weighted by molar-refractivity contribution is -0.172. The first-order chi connectivity index (χ1) is 12.2. The lowest BCUT2D eigenvalue weighted by Gasteiger charge is -2.20. The summed E-state index contributed by atoms with van der Waals surface area (Å²) in [6.07, 6.45) is -2.69. The molecule has 2 unspecified atom stereocenters. The predicted molar refractivity (Wildman–Crippen MR) is 93.7 cm³/mol. The van der Waals surface area contributed by atoms with E-state index in [0.717, 1.165) is 0 Å². The van der Waals surface area contributed by atoms with E-state index in [2.05, 4.69) is 5.32 Å². The van der Waals surface area contributed by atoms with E-state index >= 15 is 0 Å². The van der Waals surface area contributed by atoms with E-state index in [1.54, 1.807) is 52.0 Å². The number of ether oxygens (including phenoxy) is 4. The third-order valence-electron chi connectivity index (χ3n) is 3.04. The monoisotopic (exact) mass is 369 g/mol. The minimum absolute atomic E-state index is 0.00135. The number of methoxy groups -OCH3 is 1. The van der Waals surface area contributed by atoms with Crippen molar-refractivity contribution in [3.63, 3.8) is 0 Å². The zero-order chi connectivity index (χ0) is 19.7. The van der Waals surface area contributed by atoms with Crippen LogP contribution in [-0.2, 0) is 19.0 Å². The van der Waals surface area contributed by atoms with E-state index in [4.69, 9.17) is 18.9 Å². The van der Waals surface area contributed by atoms with Gasteiger partial charge in [-0.15, -0.1) is 0 Å². The molecule has 1 amide bonds. The maximum Gasteiger partial charge on any atom is 0.407 e. The molecular weight excluding hydrogens is 342 g/mol. The molecule has 8 nitrogen and oxygen atoms in total. The first-order valence-corrected chi connectivity index (χ1v) is 8.27. The lowest BCUT2D eigenvalue weighted by atomic mass is 10.1. The lowest BCUT2D eigenvalue weighted by Crippen LogP contribution is -2.34. The van der Waals surface area contributed by atoms with Gasteiger partial charge < -0.3 is 29.4 Å². The number of aliphatic hydroxyl groups is 1. The minimum Gasteiger partial charge on any atom is -0.461 e. The maximum atomic E-state index is 11.6. The topological polar surface area (TPSA) is 103 Å². The van der Waals surface area contributed by atoms with Gasteiger partial charge in [-0.3, -0.25) is 0 Å². The standard InChI is InChI=1S/C18H27NO7/c1-6-24-15(21)16(23-5)25-13-9-7-12(8-10-13)14(20)11-19-17(22)26-18(2,3)4/h7-10,14,16,20H,6,11H2,1-5H3,(H,19,22). The normalized spacial score (nSPS) is 13.5. The average molecular weight is 369 g/mol. The van der Waals surface area contributed by atoms with Gasteiger partial charge in [0, 0.05) is 7.11 Å². The number of hydrogen-bond donors (Lipinski definition) is 2. The van der Waals surface area contributed by atoms with Crippen LogP contribution < -0.4 is 10.1 Å². The largest absolute Gasteiger partial charge is 0.461 e. The molecule has 0 aliphatic carbocycles. The van der Waals surface area contributed by atoms with Gasteiger partial charge in [0.25, 0.3) is 6.29 Å². The first kappa shape index (κ1) is 21.7. The molecule has 1 aromatic carbocycles.